The zero-order valence-electron chi connectivity index (χ0n) is 13.5. The second-order valence-electron chi connectivity index (χ2n) is 5.62. The number of likely N-dealkylation sites (N-methyl/N-ethyl adjacent to an activating group) is 1. The fraction of sp³-hybridized carbons (Fsp3) is 0.647. The standard InChI is InChI=1S/C17H30N2/c1-7-19(8-2)12-15(5)18-16(6)17-10-9-13(3)14(4)11-17/h9-11,15-16,18H,7-8,12H2,1-6H3. The zero-order valence-corrected chi connectivity index (χ0v) is 13.5. The van der Waals surface area contributed by atoms with Crippen molar-refractivity contribution < 1.29 is 0 Å². The Hall–Kier alpha value is -0.860. The molecule has 0 amide bonds. The van der Waals surface area contributed by atoms with Crippen LogP contribution in [0.1, 0.15) is 50.4 Å². The molecular weight excluding hydrogens is 232 g/mol. The molecule has 2 unspecified atom stereocenters. The first kappa shape index (κ1) is 16.2. The molecule has 0 aromatic heterocycles. The molecule has 0 aliphatic carbocycles. The predicted octanol–water partition coefficient (Wildman–Crippen LogP) is 3.68. The lowest BCUT2D eigenvalue weighted by Crippen LogP contribution is -2.40. The highest BCUT2D eigenvalue weighted by Gasteiger charge is 2.12. The molecule has 0 spiro atoms. The summed E-state index contributed by atoms with van der Waals surface area (Å²) in [5, 5.41) is 3.70. The second-order valence-corrected chi connectivity index (χ2v) is 5.62. The number of hydrogen-bond acceptors (Lipinski definition) is 2. The van der Waals surface area contributed by atoms with Crippen molar-refractivity contribution in [2.75, 3.05) is 19.6 Å². The lowest BCUT2D eigenvalue weighted by atomic mass is 10.0. The van der Waals surface area contributed by atoms with E-state index in [0.717, 1.165) is 19.6 Å². The van der Waals surface area contributed by atoms with E-state index < -0.39 is 0 Å². The maximum Gasteiger partial charge on any atom is 0.0294 e. The molecule has 0 saturated heterocycles. The van der Waals surface area contributed by atoms with Gasteiger partial charge in [-0.1, -0.05) is 32.0 Å². The molecule has 2 heteroatoms. The molecule has 0 fully saturated rings. The minimum absolute atomic E-state index is 0.407. The van der Waals surface area contributed by atoms with Gasteiger partial charge in [0.25, 0.3) is 0 Å². The first-order chi connectivity index (χ1) is 8.97. The molecule has 0 saturated carbocycles. The Balaban J connectivity index is 2.58. The van der Waals surface area contributed by atoms with Gasteiger partial charge in [0.1, 0.15) is 0 Å². The monoisotopic (exact) mass is 262 g/mol. The SMILES string of the molecule is CCN(CC)CC(C)NC(C)c1ccc(C)c(C)c1. The largest absolute Gasteiger partial charge is 0.306 e. The topological polar surface area (TPSA) is 15.3 Å². The van der Waals surface area contributed by atoms with Crippen LogP contribution in [0.25, 0.3) is 0 Å². The fourth-order valence-corrected chi connectivity index (χ4v) is 2.48. The summed E-state index contributed by atoms with van der Waals surface area (Å²) in [6.45, 7) is 16.7. The van der Waals surface area contributed by atoms with Crippen LogP contribution < -0.4 is 5.32 Å². The van der Waals surface area contributed by atoms with Crippen molar-refractivity contribution in [3.63, 3.8) is 0 Å². The van der Waals surface area contributed by atoms with Crippen molar-refractivity contribution in [1.82, 2.24) is 10.2 Å². The Morgan fingerprint density at radius 3 is 2.21 bits per heavy atom. The Kier molecular flexibility index (Phi) is 6.53. The van der Waals surface area contributed by atoms with Gasteiger partial charge in [-0.15, -0.1) is 0 Å². The van der Waals surface area contributed by atoms with Crippen LogP contribution in [0.2, 0.25) is 0 Å². The number of rotatable bonds is 7. The van der Waals surface area contributed by atoms with E-state index in [4.69, 9.17) is 0 Å². The summed E-state index contributed by atoms with van der Waals surface area (Å²) in [4.78, 5) is 2.46. The van der Waals surface area contributed by atoms with Gasteiger partial charge in [0.15, 0.2) is 0 Å². The Labute approximate surface area is 119 Å². The molecule has 108 valence electrons. The van der Waals surface area contributed by atoms with E-state index in [-0.39, 0.29) is 0 Å². The van der Waals surface area contributed by atoms with Crippen molar-refractivity contribution in [3.05, 3.63) is 34.9 Å². The van der Waals surface area contributed by atoms with Crippen LogP contribution in [-0.4, -0.2) is 30.6 Å². The molecule has 1 aromatic rings. The highest BCUT2D eigenvalue weighted by molar-refractivity contribution is 5.31. The summed E-state index contributed by atoms with van der Waals surface area (Å²) < 4.78 is 0. The highest BCUT2D eigenvalue weighted by Crippen LogP contribution is 2.17. The van der Waals surface area contributed by atoms with Gasteiger partial charge in [-0.05, 0) is 57.5 Å². The lowest BCUT2D eigenvalue weighted by Gasteiger charge is -2.26. The average molecular weight is 262 g/mol. The number of nitrogens with one attached hydrogen (secondary N) is 1. The van der Waals surface area contributed by atoms with Gasteiger partial charge in [-0.2, -0.15) is 0 Å². The van der Waals surface area contributed by atoms with Gasteiger partial charge in [-0.3, -0.25) is 0 Å². The molecule has 1 aromatic carbocycles. The van der Waals surface area contributed by atoms with Gasteiger partial charge in [-0.25, -0.2) is 0 Å². The summed E-state index contributed by atoms with van der Waals surface area (Å²) in [7, 11) is 0. The third kappa shape index (κ3) is 4.96. The molecule has 2 atom stereocenters. The first-order valence-electron chi connectivity index (χ1n) is 7.53. The normalized spacial score (nSPS) is 14.7. The first-order valence-corrected chi connectivity index (χ1v) is 7.53. The molecule has 19 heavy (non-hydrogen) atoms. The third-order valence-corrected chi connectivity index (χ3v) is 3.99. The van der Waals surface area contributed by atoms with Gasteiger partial charge >= 0.3 is 0 Å². The van der Waals surface area contributed by atoms with Crippen LogP contribution in [-0.2, 0) is 0 Å². The van der Waals surface area contributed by atoms with E-state index in [9.17, 15) is 0 Å². The Morgan fingerprint density at radius 1 is 1.05 bits per heavy atom. The zero-order chi connectivity index (χ0) is 14.4. The maximum absolute atomic E-state index is 3.70. The van der Waals surface area contributed by atoms with Gasteiger partial charge in [0.2, 0.25) is 0 Å². The fourth-order valence-electron chi connectivity index (χ4n) is 2.48. The molecule has 0 heterocycles. The molecule has 0 aliphatic rings. The summed E-state index contributed by atoms with van der Waals surface area (Å²) >= 11 is 0. The minimum atomic E-state index is 0.407. The molecule has 1 rings (SSSR count). The van der Waals surface area contributed by atoms with Crippen LogP contribution in [0.5, 0.6) is 0 Å². The van der Waals surface area contributed by atoms with E-state index in [0.29, 0.717) is 12.1 Å². The second kappa shape index (κ2) is 7.66. The van der Waals surface area contributed by atoms with Gasteiger partial charge in [0, 0.05) is 18.6 Å². The number of hydrogen-bond donors (Lipinski definition) is 1. The summed E-state index contributed by atoms with van der Waals surface area (Å²) in [6, 6.07) is 7.68. The van der Waals surface area contributed by atoms with Gasteiger partial charge < -0.3 is 10.2 Å². The maximum atomic E-state index is 3.70. The predicted molar refractivity (Wildman–Crippen MR) is 84.7 cm³/mol. The van der Waals surface area contributed by atoms with Gasteiger partial charge in [0.05, 0.1) is 0 Å². The summed E-state index contributed by atoms with van der Waals surface area (Å²) in [5.74, 6) is 0. The quantitative estimate of drug-likeness (QED) is 0.806. The van der Waals surface area contributed by atoms with Crippen molar-refractivity contribution in [1.29, 1.82) is 0 Å². The summed E-state index contributed by atoms with van der Waals surface area (Å²) in [5.41, 5.74) is 4.13. The van der Waals surface area contributed by atoms with Crippen molar-refractivity contribution in [2.24, 2.45) is 0 Å². The van der Waals surface area contributed by atoms with Crippen LogP contribution in [0.3, 0.4) is 0 Å². The number of benzene rings is 1. The van der Waals surface area contributed by atoms with E-state index >= 15 is 0 Å². The molecule has 2 nitrogen and oxygen atoms in total. The smallest absolute Gasteiger partial charge is 0.0294 e. The third-order valence-electron chi connectivity index (χ3n) is 3.99. The molecule has 0 bridgehead atoms. The Morgan fingerprint density at radius 2 is 1.68 bits per heavy atom. The molecule has 0 radical (unpaired) electrons. The number of nitrogens with zero attached hydrogens (tertiary/aromatic N) is 1. The lowest BCUT2D eigenvalue weighted by molar-refractivity contribution is 0.264. The molecule has 1 N–H and O–H groups in total. The minimum Gasteiger partial charge on any atom is -0.306 e. The summed E-state index contributed by atoms with van der Waals surface area (Å²) in [6.07, 6.45) is 0. The number of aryl methyl sites for hydroxylation is 2. The van der Waals surface area contributed by atoms with Crippen LogP contribution in [0.15, 0.2) is 18.2 Å². The Bertz CT molecular complexity index is 383. The van der Waals surface area contributed by atoms with Crippen molar-refractivity contribution >= 4 is 0 Å². The highest BCUT2D eigenvalue weighted by atomic mass is 15.1. The van der Waals surface area contributed by atoms with E-state index in [1.807, 2.05) is 0 Å². The van der Waals surface area contributed by atoms with Crippen LogP contribution in [0, 0.1) is 13.8 Å². The van der Waals surface area contributed by atoms with E-state index in [2.05, 4.69) is 70.0 Å². The van der Waals surface area contributed by atoms with E-state index in [1.54, 1.807) is 0 Å². The van der Waals surface area contributed by atoms with Crippen molar-refractivity contribution in [2.45, 2.75) is 53.6 Å². The molecular formula is C17H30N2. The van der Waals surface area contributed by atoms with Crippen LogP contribution in [0.4, 0.5) is 0 Å². The van der Waals surface area contributed by atoms with Crippen LogP contribution >= 0.6 is 0 Å². The molecule has 0 aliphatic heterocycles. The van der Waals surface area contributed by atoms with E-state index in [1.165, 1.54) is 16.7 Å². The average Bonchev–Trinajstić information content (AvgIpc) is 2.38. The van der Waals surface area contributed by atoms with Crippen molar-refractivity contribution in [3.8, 4) is 0 Å².